The average molecular weight is 247 g/mol. The first-order valence-electron chi connectivity index (χ1n) is 6.47. The first-order valence-corrected chi connectivity index (χ1v) is 6.47. The minimum atomic E-state index is -0.385. The minimum absolute atomic E-state index is 0.0401. The van der Waals surface area contributed by atoms with Crippen molar-refractivity contribution < 1.29 is 14.3 Å². The molecule has 4 nitrogen and oxygen atoms in total. The molecule has 1 fully saturated rings. The lowest BCUT2D eigenvalue weighted by atomic mass is 10.1. The number of rotatable bonds is 3. The van der Waals surface area contributed by atoms with Gasteiger partial charge in [-0.25, -0.2) is 0 Å². The molecule has 4 heteroatoms. The molecule has 2 heterocycles. The summed E-state index contributed by atoms with van der Waals surface area (Å²) in [7, 11) is 0. The fraction of sp³-hybridized carbons (Fsp3) is 0.500. The summed E-state index contributed by atoms with van der Waals surface area (Å²) in [5.41, 5.74) is 1.11. The van der Waals surface area contributed by atoms with Gasteiger partial charge in [0.25, 0.3) is 5.91 Å². The molecule has 1 N–H and O–H groups in total. The van der Waals surface area contributed by atoms with Gasteiger partial charge in [0, 0.05) is 19.6 Å². The average Bonchev–Trinajstić information content (AvgIpc) is 3.04. The zero-order valence-corrected chi connectivity index (χ0v) is 10.2. The number of carbonyl (C=O) groups is 1. The van der Waals surface area contributed by atoms with Crippen LogP contribution in [0.1, 0.15) is 18.4 Å². The molecule has 0 bridgehead atoms. The van der Waals surface area contributed by atoms with Crippen molar-refractivity contribution >= 4 is 5.91 Å². The van der Waals surface area contributed by atoms with Crippen LogP contribution in [-0.4, -0.2) is 31.3 Å². The molecular weight excluding hydrogens is 230 g/mol. The van der Waals surface area contributed by atoms with Crippen molar-refractivity contribution in [3.63, 3.8) is 0 Å². The number of hydrogen-bond donors (Lipinski definition) is 1. The van der Waals surface area contributed by atoms with Crippen LogP contribution in [-0.2, 0) is 16.0 Å². The van der Waals surface area contributed by atoms with Gasteiger partial charge >= 0.3 is 0 Å². The normalized spacial score (nSPS) is 25.6. The Morgan fingerprint density at radius 3 is 3.06 bits per heavy atom. The van der Waals surface area contributed by atoms with Crippen LogP contribution in [0.5, 0.6) is 5.75 Å². The van der Waals surface area contributed by atoms with Gasteiger partial charge in [-0.15, -0.1) is 0 Å². The fourth-order valence-electron chi connectivity index (χ4n) is 2.46. The summed E-state index contributed by atoms with van der Waals surface area (Å²) in [6, 6.07) is 7.80. The van der Waals surface area contributed by atoms with Crippen LogP contribution < -0.4 is 10.1 Å². The summed E-state index contributed by atoms with van der Waals surface area (Å²) in [5.74, 6) is 0.788. The molecule has 0 aromatic heterocycles. The number of amides is 1. The number of benzene rings is 1. The maximum Gasteiger partial charge on any atom is 0.261 e. The molecule has 2 aliphatic rings. The van der Waals surface area contributed by atoms with Crippen LogP contribution in [0.15, 0.2) is 24.3 Å². The van der Waals surface area contributed by atoms with E-state index < -0.39 is 0 Å². The minimum Gasteiger partial charge on any atom is -0.480 e. The van der Waals surface area contributed by atoms with Gasteiger partial charge in [-0.2, -0.15) is 0 Å². The molecular formula is C14H17NO3. The molecule has 2 unspecified atom stereocenters. The predicted octanol–water partition coefficient (Wildman–Crippen LogP) is 1.29. The van der Waals surface area contributed by atoms with E-state index in [-0.39, 0.29) is 18.1 Å². The Balaban J connectivity index is 1.52. The molecule has 18 heavy (non-hydrogen) atoms. The SMILES string of the molecule is O=C(NCC1CCCO1)C1Cc2ccccc2O1. The molecule has 2 atom stereocenters. The topological polar surface area (TPSA) is 47.6 Å². The molecule has 2 aliphatic heterocycles. The van der Waals surface area contributed by atoms with E-state index in [0.717, 1.165) is 30.8 Å². The fourth-order valence-corrected chi connectivity index (χ4v) is 2.46. The van der Waals surface area contributed by atoms with Crippen molar-refractivity contribution in [2.24, 2.45) is 0 Å². The number of fused-ring (bicyclic) bond motifs is 1. The smallest absolute Gasteiger partial charge is 0.261 e. The number of carbonyl (C=O) groups excluding carboxylic acids is 1. The van der Waals surface area contributed by atoms with E-state index in [1.165, 1.54) is 0 Å². The van der Waals surface area contributed by atoms with Crippen LogP contribution in [0.25, 0.3) is 0 Å². The van der Waals surface area contributed by atoms with Crippen LogP contribution in [0.3, 0.4) is 0 Å². The summed E-state index contributed by atoms with van der Waals surface area (Å²) in [6.45, 7) is 1.40. The summed E-state index contributed by atoms with van der Waals surface area (Å²) in [5, 5.41) is 2.91. The molecule has 1 amide bonds. The molecule has 0 spiro atoms. The standard InChI is InChI=1S/C14H17NO3/c16-14(15-9-11-5-3-7-17-11)13-8-10-4-1-2-6-12(10)18-13/h1-2,4,6,11,13H,3,5,7-9H2,(H,15,16). The van der Waals surface area contributed by atoms with Crippen molar-refractivity contribution in [3.05, 3.63) is 29.8 Å². The number of nitrogens with one attached hydrogen (secondary N) is 1. The monoisotopic (exact) mass is 247 g/mol. The van der Waals surface area contributed by atoms with E-state index in [0.29, 0.717) is 13.0 Å². The second-order valence-corrected chi connectivity index (χ2v) is 4.80. The van der Waals surface area contributed by atoms with Crippen molar-refractivity contribution in [1.29, 1.82) is 0 Å². The van der Waals surface area contributed by atoms with Gasteiger partial charge in [-0.05, 0) is 24.5 Å². The molecule has 0 aliphatic carbocycles. The van der Waals surface area contributed by atoms with Gasteiger partial charge in [0.15, 0.2) is 6.10 Å². The van der Waals surface area contributed by atoms with Gasteiger partial charge in [-0.3, -0.25) is 4.79 Å². The van der Waals surface area contributed by atoms with Crippen molar-refractivity contribution in [2.45, 2.75) is 31.5 Å². The van der Waals surface area contributed by atoms with Gasteiger partial charge in [0.2, 0.25) is 0 Å². The zero-order chi connectivity index (χ0) is 12.4. The molecule has 96 valence electrons. The molecule has 1 saturated heterocycles. The largest absolute Gasteiger partial charge is 0.480 e. The highest BCUT2D eigenvalue weighted by atomic mass is 16.5. The van der Waals surface area contributed by atoms with Gasteiger partial charge in [0.1, 0.15) is 5.75 Å². The lowest BCUT2D eigenvalue weighted by Crippen LogP contribution is -2.40. The predicted molar refractivity (Wildman–Crippen MR) is 66.5 cm³/mol. The van der Waals surface area contributed by atoms with Gasteiger partial charge in [-0.1, -0.05) is 18.2 Å². The number of hydrogen-bond acceptors (Lipinski definition) is 3. The van der Waals surface area contributed by atoms with Crippen LogP contribution in [0, 0.1) is 0 Å². The Labute approximate surface area is 106 Å². The maximum absolute atomic E-state index is 12.0. The van der Waals surface area contributed by atoms with Crippen molar-refractivity contribution in [3.8, 4) is 5.75 Å². The maximum atomic E-state index is 12.0. The third kappa shape index (κ3) is 2.34. The highest BCUT2D eigenvalue weighted by molar-refractivity contribution is 5.82. The highest BCUT2D eigenvalue weighted by Crippen LogP contribution is 2.28. The third-order valence-corrected chi connectivity index (χ3v) is 3.47. The lowest BCUT2D eigenvalue weighted by molar-refractivity contribution is -0.127. The quantitative estimate of drug-likeness (QED) is 0.875. The third-order valence-electron chi connectivity index (χ3n) is 3.47. The highest BCUT2D eigenvalue weighted by Gasteiger charge is 2.29. The van der Waals surface area contributed by atoms with E-state index in [9.17, 15) is 4.79 Å². The zero-order valence-electron chi connectivity index (χ0n) is 10.2. The van der Waals surface area contributed by atoms with Crippen LogP contribution >= 0.6 is 0 Å². The van der Waals surface area contributed by atoms with Gasteiger partial charge in [0.05, 0.1) is 6.10 Å². The summed E-state index contributed by atoms with van der Waals surface area (Å²) >= 11 is 0. The van der Waals surface area contributed by atoms with Crippen molar-refractivity contribution in [2.75, 3.05) is 13.2 Å². The van der Waals surface area contributed by atoms with Crippen molar-refractivity contribution in [1.82, 2.24) is 5.32 Å². The lowest BCUT2D eigenvalue weighted by Gasteiger charge is -2.14. The molecule has 1 aromatic carbocycles. The second kappa shape index (κ2) is 4.98. The van der Waals surface area contributed by atoms with E-state index in [4.69, 9.17) is 9.47 Å². The Morgan fingerprint density at radius 2 is 2.28 bits per heavy atom. The van der Waals surface area contributed by atoms with Gasteiger partial charge < -0.3 is 14.8 Å². The summed E-state index contributed by atoms with van der Waals surface area (Å²) in [4.78, 5) is 12.0. The Kier molecular flexibility index (Phi) is 3.19. The van der Waals surface area contributed by atoms with E-state index >= 15 is 0 Å². The van der Waals surface area contributed by atoms with Crippen LogP contribution in [0.4, 0.5) is 0 Å². The number of ether oxygens (including phenoxy) is 2. The molecule has 0 saturated carbocycles. The summed E-state index contributed by atoms with van der Waals surface area (Å²) in [6.07, 6.45) is 2.58. The Morgan fingerprint density at radius 1 is 1.39 bits per heavy atom. The Hall–Kier alpha value is -1.55. The summed E-state index contributed by atoms with van der Waals surface area (Å²) < 4.78 is 11.1. The Bertz CT molecular complexity index is 415. The second-order valence-electron chi connectivity index (χ2n) is 4.80. The first kappa shape index (κ1) is 11.5. The van der Waals surface area contributed by atoms with E-state index in [1.807, 2.05) is 24.3 Å². The number of para-hydroxylation sites is 1. The molecule has 3 rings (SSSR count). The first-order chi connectivity index (χ1) is 8.83. The van der Waals surface area contributed by atoms with Crippen LogP contribution in [0.2, 0.25) is 0 Å². The molecule has 0 radical (unpaired) electrons. The van der Waals surface area contributed by atoms with E-state index in [1.54, 1.807) is 0 Å². The van der Waals surface area contributed by atoms with E-state index in [2.05, 4.69) is 5.32 Å². The molecule has 1 aromatic rings.